The van der Waals surface area contributed by atoms with Crippen LogP contribution in [0.3, 0.4) is 0 Å². The van der Waals surface area contributed by atoms with Crippen LogP contribution in [0.15, 0.2) is 34.9 Å². The Hall–Kier alpha value is -2.70. The lowest BCUT2D eigenvalue weighted by Gasteiger charge is -2.31. The number of likely N-dealkylation sites (tertiary alicyclic amines) is 1. The summed E-state index contributed by atoms with van der Waals surface area (Å²) in [6, 6.07) is 5.93. The Morgan fingerprint density at radius 3 is 2.80 bits per heavy atom. The second-order valence-corrected chi connectivity index (χ2v) is 6.21. The van der Waals surface area contributed by atoms with Gasteiger partial charge in [0.05, 0.1) is 12.1 Å². The maximum absolute atomic E-state index is 13.0. The second kappa shape index (κ2) is 7.46. The van der Waals surface area contributed by atoms with Crippen molar-refractivity contribution in [3.63, 3.8) is 0 Å². The van der Waals surface area contributed by atoms with E-state index in [0.29, 0.717) is 31.2 Å². The van der Waals surface area contributed by atoms with Crippen LogP contribution in [0.5, 0.6) is 0 Å². The van der Waals surface area contributed by atoms with Crippen LogP contribution in [-0.4, -0.2) is 34.8 Å². The van der Waals surface area contributed by atoms with E-state index in [1.54, 1.807) is 23.2 Å². The van der Waals surface area contributed by atoms with Crippen LogP contribution in [0.4, 0.5) is 4.39 Å². The lowest BCUT2D eigenvalue weighted by molar-refractivity contribution is -0.135. The molecule has 25 heavy (non-hydrogen) atoms. The van der Waals surface area contributed by atoms with Gasteiger partial charge in [0.1, 0.15) is 5.82 Å². The number of halogens is 1. The highest BCUT2D eigenvalue weighted by Crippen LogP contribution is 2.22. The van der Waals surface area contributed by atoms with Gasteiger partial charge in [-0.05, 0) is 37.1 Å². The number of piperidine rings is 1. The molecule has 6 nitrogen and oxygen atoms in total. The van der Waals surface area contributed by atoms with Gasteiger partial charge < -0.3 is 15.1 Å². The van der Waals surface area contributed by atoms with E-state index in [1.807, 2.05) is 0 Å². The largest absolute Gasteiger partial charge is 0.441 e. The van der Waals surface area contributed by atoms with Crippen LogP contribution in [-0.2, 0) is 16.0 Å². The summed E-state index contributed by atoms with van der Waals surface area (Å²) in [6.07, 6.45) is 3.72. The molecule has 0 saturated carbocycles. The fourth-order valence-corrected chi connectivity index (χ4v) is 2.98. The molecule has 7 heteroatoms. The Bertz CT molecular complexity index is 757. The Kier molecular flexibility index (Phi) is 5.11. The maximum atomic E-state index is 13.0. The van der Waals surface area contributed by atoms with E-state index in [-0.39, 0.29) is 30.0 Å². The van der Waals surface area contributed by atoms with E-state index < -0.39 is 0 Å². The Balaban J connectivity index is 1.56. The number of aryl methyl sites for hydroxylation is 1. The predicted molar refractivity (Wildman–Crippen MR) is 88.7 cm³/mol. The van der Waals surface area contributed by atoms with Crippen molar-refractivity contribution >= 4 is 11.8 Å². The monoisotopic (exact) mass is 345 g/mol. The molecular weight excluding hydrogens is 325 g/mol. The third-order valence-electron chi connectivity index (χ3n) is 4.41. The minimum atomic E-state index is -0.353. The molecule has 1 aliphatic rings. The standard InChI is InChI=1S/C18H20FN3O3/c19-14-5-3-12(4-6-14)15-10-21-16(25-15)7-8-17(23)22-9-1-2-13(11-22)18(20)24/h3-6,10,13H,1-2,7-9,11H2,(H2,20,24)/t13-/m0/s1. The molecule has 3 rings (SSSR count). The third-order valence-corrected chi connectivity index (χ3v) is 4.41. The lowest BCUT2D eigenvalue weighted by Crippen LogP contribution is -2.44. The van der Waals surface area contributed by atoms with Crippen LogP contribution in [0.25, 0.3) is 11.3 Å². The highest BCUT2D eigenvalue weighted by atomic mass is 19.1. The molecule has 0 aliphatic carbocycles. The van der Waals surface area contributed by atoms with E-state index in [2.05, 4.69) is 4.98 Å². The number of nitrogens with zero attached hydrogens (tertiary/aromatic N) is 2. The van der Waals surface area contributed by atoms with Gasteiger partial charge in [-0.3, -0.25) is 9.59 Å². The molecule has 2 heterocycles. The van der Waals surface area contributed by atoms with E-state index in [9.17, 15) is 14.0 Å². The van der Waals surface area contributed by atoms with Crippen molar-refractivity contribution in [1.82, 2.24) is 9.88 Å². The topological polar surface area (TPSA) is 89.4 Å². The molecule has 1 aliphatic heterocycles. The summed E-state index contributed by atoms with van der Waals surface area (Å²) in [5.74, 6) is 0.0290. The Morgan fingerprint density at radius 2 is 2.08 bits per heavy atom. The predicted octanol–water partition coefficient (Wildman–Crippen LogP) is 2.14. The molecular formula is C18H20FN3O3. The number of carbonyl (C=O) groups is 2. The normalized spacial score (nSPS) is 17.5. The van der Waals surface area contributed by atoms with Gasteiger partial charge in [0.2, 0.25) is 11.8 Å². The number of hydrogen-bond acceptors (Lipinski definition) is 4. The van der Waals surface area contributed by atoms with Gasteiger partial charge in [-0.15, -0.1) is 0 Å². The molecule has 0 unspecified atom stereocenters. The Morgan fingerprint density at radius 1 is 1.32 bits per heavy atom. The summed E-state index contributed by atoms with van der Waals surface area (Å²) in [5.41, 5.74) is 6.07. The zero-order valence-electron chi connectivity index (χ0n) is 13.8. The van der Waals surface area contributed by atoms with Crippen molar-refractivity contribution < 1.29 is 18.4 Å². The minimum absolute atomic E-state index is 0.0347. The van der Waals surface area contributed by atoms with Crippen molar-refractivity contribution in [3.8, 4) is 11.3 Å². The molecule has 0 spiro atoms. The molecule has 0 radical (unpaired) electrons. The zero-order chi connectivity index (χ0) is 17.8. The van der Waals surface area contributed by atoms with Crippen molar-refractivity contribution in [2.24, 2.45) is 11.7 Å². The maximum Gasteiger partial charge on any atom is 0.223 e. The third kappa shape index (κ3) is 4.23. The molecule has 2 aromatic rings. The molecule has 1 atom stereocenters. The lowest BCUT2D eigenvalue weighted by atomic mass is 9.97. The summed E-state index contributed by atoms with van der Waals surface area (Å²) >= 11 is 0. The summed E-state index contributed by atoms with van der Waals surface area (Å²) in [6.45, 7) is 1.04. The average Bonchev–Trinajstić information content (AvgIpc) is 3.09. The van der Waals surface area contributed by atoms with Crippen molar-refractivity contribution in [2.45, 2.75) is 25.7 Å². The molecule has 2 amide bonds. The summed E-state index contributed by atoms with van der Waals surface area (Å²) in [5, 5.41) is 0. The highest BCUT2D eigenvalue weighted by Gasteiger charge is 2.26. The smallest absolute Gasteiger partial charge is 0.223 e. The average molecular weight is 345 g/mol. The Labute approximate surface area is 144 Å². The van der Waals surface area contributed by atoms with Gasteiger partial charge in [0.15, 0.2) is 11.7 Å². The number of rotatable bonds is 5. The molecule has 2 N–H and O–H groups in total. The molecule has 1 saturated heterocycles. The summed E-state index contributed by atoms with van der Waals surface area (Å²) in [4.78, 5) is 29.5. The van der Waals surface area contributed by atoms with Gasteiger partial charge in [-0.2, -0.15) is 0 Å². The first-order chi connectivity index (χ1) is 12.0. The number of aromatic nitrogens is 1. The first kappa shape index (κ1) is 17.1. The van der Waals surface area contributed by atoms with Crippen LogP contribution in [0.2, 0.25) is 0 Å². The number of nitrogens with two attached hydrogens (primary N) is 1. The number of hydrogen-bond donors (Lipinski definition) is 1. The van der Waals surface area contributed by atoms with Crippen LogP contribution >= 0.6 is 0 Å². The van der Waals surface area contributed by atoms with Crippen molar-refractivity contribution in [1.29, 1.82) is 0 Å². The van der Waals surface area contributed by atoms with Crippen molar-refractivity contribution in [3.05, 3.63) is 42.2 Å². The first-order valence-corrected chi connectivity index (χ1v) is 8.30. The fraction of sp³-hybridized carbons (Fsp3) is 0.389. The highest BCUT2D eigenvalue weighted by molar-refractivity contribution is 5.80. The SMILES string of the molecule is NC(=O)[C@H]1CCCN(C(=O)CCc2ncc(-c3ccc(F)cc3)o2)C1. The minimum Gasteiger partial charge on any atom is -0.441 e. The van der Waals surface area contributed by atoms with E-state index in [0.717, 1.165) is 18.4 Å². The van der Waals surface area contributed by atoms with E-state index in [4.69, 9.17) is 10.2 Å². The number of amides is 2. The first-order valence-electron chi connectivity index (χ1n) is 8.30. The van der Waals surface area contributed by atoms with Gasteiger partial charge in [-0.25, -0.2) is 9.37 Å². The number of oxazole rings is 1. The number of primary amides is 1. The quantitative estimate of drug-likeness (QED) is 0.899. The van der Waals surface area contributed by atoms with E-state index in [1.165, 1.54) is 12.1 Å². The zero-order valence-corrected chi connectivity index (χ0v) is 13.8. The molecule has 0 bridgehead atoms. The number of benzene rings is 1. The molecule has 1 aromatic carbocycles. The van der Waals surface area contributed by atoms with Gasteiger partial charge >= 0.3 is 0 Å². The van der Waals surface area contributed by atoms with Crippen LogP contribution in [0, 0.1) is 11.7 Å². The van der Waals surface area contributed by atoms with Crippen LogP contribution < -0.4 is 5.73 Å². The fourth-order valence-electron chi connectivity index (χ4n) is 2.98. The summed E-state index contributed by atoms with van der Waals surface area (Å²) < 4.78 is 18.6. The van der Waals surface area contributed by atoms with E-state index >= 15 is 0 Å². The van der Waals surface area contributed by atoms with Gasteiger partial charge in [0, 0.05) is 31.5 Å². The van der Waals surface area contributed by atoms with Crippen molar-refractivity contribution in [2.75, 3.05) is 13.1 Å². The van der Waals surface area contributed by atoms with Crippen LogP contribution in [0.1, 0.15) is 25.2 Å². The van der Waals surface area contributed by atoms with Gasteiger partial charge in [0.25, 0.3) is 0 Å². The molecule has 132 valence electrons. The molecule has 1 aromatic heterocycles. The summed E-state index contributed by atoms with van der Waals surface area (Å²) in [7, 11) is 0. The van der Waals surface area contributed by atoms with Gasteiger partial charge in [-0.1, -0.05) is 0 Å². The number of carbonyl (C=O) groups excluding carboxylic acids is 2. The second-order valence-electron chi connectivity index (χ2n) is 6.21. The molecule has 1 fully saturated rings.